The Morgan fingerprint density at radius 1 is 1.35 bits per heavy atom. The quantitative estimate of drug-likeness (QED) is 0.702. The van der Waals surface area contributed by atoms with Gasteiger partial charge in [-0.2, -0.15) is 5.10 Å². The van der Waals surface area contributed by atoms with Gasteiger partial charge in [0.25, 0.3) is 0 Å². The smallest absolute Gasteiger partial charge is 0.176 e. The fourth-order valence-electron chi connectivity index (χ4n) is 1.75. The van der Waals surface area contributed by atoms with Crippen molar-refractivity contribution in [3.05, 3.63) is 18.0 Å². The lowest BCUT2D eigenvalue weighted by molar-refractivity contribution is -0.124. The topological polar surface area (TPSA) is 48.3 Å². The van der Waals surface area contributed by atoms with Crippen molar-refractivity contribution in [1.29, 1.82) is 0 Å². The molecule has 0 aromatic carbocycles. The highest BCUT2D eigenvalue weighted by molar-refractivity contribution is 5.11. The first-order chi connectivity index (χ1) is 8.26. The predicted octanol–water partition coefficient (Wildman–Crippen LogP) is 1.56. The van der Waals surface area contributed by atoms with E-state index in [0.29, 0.717) is 0 Å². The van der Waals surface area contributed by atoms with E-state index in [4.69, 9.17) is 9.47 Å². The van der Waals surface area contributed by atoms with Crippen molar-refractivity contribution in [2.45, 2.75) is 39.1 Å². The molecule has 0 aliphatic rings. The molecule has 5 nitrogen and oxygen atoms in total. The number of aromatic nitrogens is 2. The highest BCUT2D eigenvalue weighted by Gasteiger charge is 2.23. The van der Waals surface area contributed by atoms with Crippen LogP contribution in [0, 0.1) is 0 Å². The summed E-state index contributed by atoms with van der Waals surface area (Å²) in [6.07, 6.45) is 4.66. The number of hydrogen-bond donors (Lipinski definition) is 1. The fourth-order valence-corrected chi connectivity index (χ4v) is 1.75. The lowest BCUT2D eigenvalue weighted by Gasteiger charge is -2.24. The maximum absolute atomic E-state index is 5.33. The molecule has 17 heavy (non-hydrogen) atoms. The van der Waals surface area contributed by atoms with E-state index in [1.54, 1.807) is 14.2 Å². The van der Waals surface area contributed by atoms with E-state index < -0.39 is 0 Å². The molecular formula is C12H23N3O2. The molecule has 1 unspecified atom stereocenters. The molecule has 0 aliphatic carbocycles. The molecule has 5 heteroatoms. The van der Waals surface area contributed by atoms with Gasteiger partial charge in [0, 0.05) is 32.5 Å². The van der Waals surface area contributed by atoms with E-state index in [9.17, 15) is 0 Å². The monoisotopic (exact) mass is 241 g/mol. The summed E-state index contributed by atoms with van der Waals surface area (Å²) in [5, 5.41) is 7.70. The SMILES string of the molecule is CCCNC(c1cnn(CC)c1)C(OC)OC. The normalized spacial score (nSPS) is 13.2. The fraction of sp³-hybridized carbons (Fsp3) is 0.750. The third-order valence-corrected chi connectivity index (χ3v) is 2.69. The molecule has 0 bridgehead atoms. The molecule has 1 aromatic rings. The second-order valence-electron chi connectivity index (χ2n) is 3.90. The van der Waals surface area contributed by atoms with Gasteiger partial charge in [-0.1, -0.05) is 6.92 Å². The minimum Gasteiger partial charge on any atom is -0.354 e. The highest BCUT2D eigenvalue weighted by atomic mass is 16.7. The zero-order chi connectivity index (χ0) is 12.7. The first kappa shape index (κ1) is 14.2. The Balaban J connectivity index is 2.80. The molecule has 0 fully saturated rings. The molecule has 1 rings (SSSR count). The molecule has 1 N–H and O–H groups in total. The maximum Gasteiger partial charge on any atom is 0.176 e. The maximum atomic E-state index is 5.33. The van der Waals surface area contributed by atoms with Crippen LogP contribution in [0.15, 0.2) is 12.4 Å². The third kappa shape index (κ3) is 3.80. The second kappa shape index (κ2) is 7.42. The lowest BCUT2D eigenvalue weighted by atomic mass is 10.1. The Bertz CT molecular complexity index is 310. The van der Waals surface area contributed by atoms with Gasteiger partial charge in [0.2, 0.25) is 0 Å². The van der Waals surface area contributed by atoms with Crippen molar-refractivity contribution in [1.82, 2.24) is 15.1 Å². The highest BCUT2D eigenvalue weighted by Crippen LogP contribution is 2.19. The van der Waals surface area contributed by atoms with Gasteiger partial charge in [-0.3, -0.25) is 4.68 Å². The molecule has 1 atom stereocenters. The van der Waals surface area contributed by atoms with E-state index >= 15 is 0 Å². The third-order valence-electron chi connectivity index (χ3n) is 2.69. The molecule has 98 valence electrons. The van der Waals surface area contributed by atoms with Crippen molar-refractivity contribution >= 4 is 0 Å². The average Bonchev–Trinajstić information content (AvgIpc) is 2.83. The molecule has 1 aromatic heterocycles. The van der Waals surface area contributed by atoms with Crippen molar-refractivity contribution in [3.63, 3.8) is 0 Å². The van der Waals surface area contributed by atoms with Crippen molar-refractivity contribution in [2.75, 3.05) is 20.8 Å². The van der Waals surface area contributed by atoms with Crippen LogP contribution in [0.3, 0.4) is 0 Å². The lowest BCUT2D eigenvalue weighted by Crippen LogP contribution is -2.34. The molecule has 0 saturated carbocycles. The van der Waals surface area contributed by atoms with Crippen LogP contribution in [0.2, 0.25) is 0 Å². The summed E-state index contributed by atoms with van der Waals surface area (Å²) in [6.45, 7) is 5.99. The van der Waals surface area contributed by atoms with Gasteiger partial charge in [0.05, 0.1) is 12.2 Å². The molecule has 0 aliphatic heterocycles. The van der Waals surface area contributed by atoms with Crippen LogP contribution >= 0.6 is 0 Å². The van der Waals surface area contributed by atoms with Crippen molar-refractivity contribution < 1.29 is 9.47 Å². The number of nitrogens with zero attached hydrogens (tertiary/aromatic N) is 2. The van der Waals surface area contributed by atoms with Crippen LogP contribution < -0.4 is 5.32 Å². The minimum atomic E-state index is -0.295. The van der Waals surface area contributed by atoms with Crippen LogP contribution in [-0.2, 0) is 16.0 Å². The Labute approximate surface area is 103 Å². The van der Waals surface area contributed by atoms with Crippen LogP contribution in [0.1, 0.15) is 31.9 Å². The van der Waals surface area contributed by atoms with Crippen LogP contribution in [0.5, 0.6) is 0 Å². The van der Waals surface area contributed by atoms with Gasteiger partial charge in [-0.05, 0) is 19.9 Å². The van der Waals surface area contributed by atoms with Gasteiger partial charge in [0.15, 0.2) is 6.29 Å². The second-order valence-corrected chi connectivity index (χ2v) is 3.90. The standard InChI is InChI=1S/C12H23N3O2/c1-5-7-13-11(12(16-3)17-4)10-8-14-15(6-2)9-10/h8-9,11-13H,5-7H2,1-4H3. The summed E-state index contributed by atoms with van der Waals surface area (Å²) < 4.78 is 12.6. The Morgan fingerprint density at radius 2 is 2.06 bits per heavy atom. The molecule has 0 spiro atoms. The van der Waals surface area contributed by atoms with Crippen LogP contribution in [0.4, 0.5) is 0 Å². The van der Waals surface area contributed by atoms with Gasteiger partial charge < -0.3 is 14.8 Å². The Morgan fingerprint density at radius 3 is 2.53 bits per heavy atom. The molecule has 0 radical (unpaired) electrons. The summed E-state index contributed by atoms with van der Waals surface area (Å²) in [6, 6.07) is 0.0187. The Hall–Kier alpha value is -0.910. The van der Waals surface area contributed by atoms with Crippen LogP contribution in [-0.4, -0.2) is 36.8 Å². The summed E-state index contributed by atoms with van der Waals surface area (Å²) >= 11 is 0. The summed E-state index contributed by atoms with van der Waals surface area (Å²) in [7, 11) is 3.30. The largest absolute Gasteiger partial charge is 0.354 e. The minimum absolute atomic E-state index is 0.0187. The van der Waals surface area contributed by atoms with E-state index in [2.05, 4.69) is 24.3 Å². The molecular weight excluding hydrogens is 218 g/mol. The summed E-state index contributed by atoms with van der Waals surface area (Å²) in [5.74, 6) is 0. The average molecular weight is 241 g/mol. The van der Waals surface area contributed by atoms with Gasteiger partial charge in [0.1, 0.15) is 0 Å². The molecule has 1 heterocycles. The van der Waals surface area contributed by atoms with E-state index in [1.807, 2.05) is 17.1 Å². The van der Waals surface area contributed by atoms with E-state index in [0.717, 1.165) is 25.1 Å². The van der Waals surface area contributed by atoms with Crippen molar-refractivity contribution in [3.8, 4) is 0 Å². The first-order valence-electron chi connectivity index (χ1n) is 6.08. The number of rotatable bonds is 8. The summed E-state index contributed by atoms with van der Waals surface area (Å²) in [4.78, 5) is 0. The number of nitrogens with one attached hydrogen (secondary N) is 1. The Kier molecular flexibility index (Phi) is 6.18. The predicted molar refractivity (Wildman–Crippen MR) is 66.7 cm³/mol. The van der Waals surface area contributed by atoms with Gasteiger partial charge in [-0.25, -0.2) is 0 Å². The zero-order valence-corrected chi connectivity index (χ0v) is 11.1. The molecule has 0 amide bonds. The number of methoxy groups -OCH3 is 2. The number of hydrogen-bond acceptors (Lipinski definition) is 4. The molecule has 0 saturated heterocycles. The van der Waals surface area contributed by atoms with E-state index in [-0.39, 0.29) is 12.3 Å². The first-order valence-corrected chi connectivity index (χ1v) is 6.08. The zero-order valence-electron chi connectivity index (χ0n) is 11.1. The van der Waals surface area contributed by atoms with Crippen LogP contribution in [0.25, 0.3) is 0 Å². The number of aryl methyl sites for hydroxylation is 1. The van der Waals surface area contributed by atoms with Gasteiger partial charge >= 0.3 is 0 Å². The van der Waals surface area contributed by atoms with Gasteiger partial charge in [-0.15, -0.1) is 0 Å². The van der Waals surface area contributed by atoms with E-state index in [1.165, 1.54) is 0 Å². The summed E-state index contributed by atoms with van der Waals surface area (Å²) in [5.41, 5.74) is 1.09. The number of ether oxygens (including phenoxy) is 2. The van der Waals surface area contributed by atoms with Crippen molar-refractivity contribution in [2.24, 2.45) is 0 Å².